The van der Waals surface area contributed by atoms with Gasteiger partial charge in [0.25, 0.3) is 0 Å². The molecule has 4 N–H and O–H groups in total. The van der Waals surface area contributed by atoms with Crippen molar-refractivity contribution in [3.05, 3.63) is 11.6 Å². The van der Waals surface area contributed by atoms with E-state index in [0.29, 0.717) is 18.4 Å². The minimum atomic E-state index is -1.00. The van der Waals surface area contributed by atoms with Crippen molar-refractivity contribution >= 4 is 11.9 Å². The first-order valence-electron chi connectivity index (χ1n) is 21.7. The molecule has 4 aliphatic heterocycles. The maximum absolute atomic E-state index is 12.8. The molecular formula is C43H66O14. The third kappa shape index (κ3) is 7.54. The van der Waals surface area contributed by atoms with E-state index in [4.69, 9.17) is 37.9 Å². The monoisotopic (exact) mass is 806 g/mol. The summed E-state index contributed by atoms with van der Waals surface area (Å²) < 4.78 is 48.9. The predicted molar refractivity (Wildman–Crippen MR) is 201 cm³/mol. The number of ether oxygens (including phenoxy) is 8. The van der Waals surface area contributed by atoms with Crippen molar-refractivity contribution in [3.63, 3.8) is 0 Å². The van der Waals surface area contributed by atoms with Gasteiger partial charge >= 0.3 is 11.9 Å². The number of aliphatic hydroxyl groups is 4. The van der Waals surface area contributed by atoms with E-state index >= 15 is 0 Å². The van der Waals surface area contributed by atoms with E-state index in [2.05, 4.69) is 13.8 Å². The van der Waals surface area contributed by atoms with Crippen molar-refractivity contribution in [1.82, 2.24) is 0 Å². The smallest absolute Gasteiger partial charge is 0.331 e. The zero-order valence-corrected chi connectivity index (χ0v) is 34.5. The molecule has 7 fully saturated rings. The van der Waals surface area contributed by atoms with Crippen LogP contribution in [0.25, 0.3) is 0 Å². The summed E-state index contributed by atoms with van der Waals surface area (Å²) in [5.74, 6) is 0.792. The topological polar surface area (TPSA) is 189 Å². The molecule has 8 rings (SSSR count). The molecule has 0 bridgehead atoms. The number of hydrogen-bond acceptors (Lipinski definition) is 14. The number of cyclic esters (lactones) is 1. The number of aliphatic hydroxyl groups excluding tert-OH is 4. The summed E-state index contributed by atoms with van der Waals surface area (Å²) in [6, 6.07) is 0. The molecule has 0 amide bonds. The van der Waals surface area contributed by atoms with Gasteiger partial charge in [-0.1, -0.05) is 13.8 Å². The minimum absolute atomic E-state index is 0.00408. The average Bonchev–Trinajstić information content (AvgIpc) is 3.70. The quantitative estimate of drug-likeness (QED) is 0.205. The van der Waals surface area contributed by atoms with Crippen molar-refractivity contribution in [2.24, 2.45) is 34.5 Å². The van der Waals surface area contributed by atoms with Crippen LogP contribution in [-0.2, 0) is 47.5 Å². The molecule has 0 aromatic rings. The van der Waals surface area contributed by atoms with Crippen LogP contribution in [0, 0.1) is 34.5 Å². The molecule has 14 heteroatoms. The van der Waals surface area contributed by atoms with Crippen molar-refractivity contribution in [2.45, 2.75) is 204 Å². The van der Waals surface area contributed by atoms with Crippen LogP contribution in [0.5, 0.6) is 0 Å². The van der Waals surface area contributed by atoms with Gasteiger partial charge in [0, 0.05) is 43.6 Å². The summed E-state index contributed by atoms with van der Waals surface area (Å²) in [7, 11) is 0. The van der Waals surface area contributed by atoms with Crippen LogP contribution in [0.4, 0.5) is 0 Å². The van der Waals surface area contributed by atoms with Gasteiger partial charge in [-0.3, -0.25) is 4.79 Å². The van der Waals surface area contributed by atoms with Crippen molar-refractivity contribution in [2.75, 3.05) is 6.61 Å². The highest BCUT2D eigenvalue weighted by Gasteiger charge is 2.70. The lowest BCUT2D eigenvalue weighted by Gasteiger charge is -2.64. The van der Waals surface area contributed by atoms with Gasteiger partial charge in [0.2, 0.25) is 0 Å². The highest BCUT2D eigenvalue weighted by atomic mass is 16.7. The van der Waals surface area contributed by atoms with Gasteiger partial charge in [-0.05, 0) is 107 Å². The Balaban J connectivity index is 0.851. The van der Waals surface area contributed by atoms with Crippen LogP contribution in [0.3, 0.4) is 0 Å². The van der Waals surface area contributed by atoms with Crippen LogP contribution in [0.1, 0.15) is 119 Å². The maximum Gasteiger partial charge on any atom is 0.331 e. The van der Waals surface area contributed by atoms with E-state index in [0.717, 1.165) is 63.4 Å². The molecule has 322 valence electrons. The summed E-state index contributed by atoms with van der Waals surface area (Å²) in [4.78, 5) is 24.9. The maximum atomic E-state index is 12.8. The van der Waals surface area contributed by atoms with Gasteiger partial charge in [0.15, 0.2) is 18.9 Å². The Kier molecular flexibility index (Phi) is 11.8. The highest BCUT2D eigenvalue weighted by molar-refractivity contribution is 5.85. The normalized spacial score (nSPS) is 52.6. The summed E-state index contributed by atoms with van der Waals surface area (Å²) in [5.41, 5.74) is 0.320. The molecule has 8 aliphatic rings. The third-order valence-corrected chi connectivity index (χ3v) is 16.1. The Bertz CT molecular complexity index is 1490. The Hall–Kier alpha value is -1.72. The molecule has 4 saturated carbocycles. The van der Waals surface area contributed by atoms with Crippen molar-refractivity contribution in [1.29, 1.82) is 0 Å². The predicted octanol–water partition coefficient (Wildman–Crippen LogP) is 3.82. The van der Waals surface area contributed by atoms with E-state index in [-0.39, 0.29) is 60.0 Å². The van der Waals surface area contributed by atoms with Gasteiger partial charge in [-0.25, -0.2) is 4.79 Å². The molecule has 0 aromatic carbocycles. The van der Waals surface area contributed by atoms with Crippen molar-refractivity contribution in [3.8, 4) is 0 Å². The van der Waals surface area contributed by atoms with Crippen LogP contribution in [-0.4, -0.2) is 124 Å². The Morgan fingerprint density at radius 3 is 1.91 bits per heavy atom. The highest BCUT2D eigenvalue weighted by Crippen LogP contribution is 2.71. The summed E-state index contributed by atoms with van der Waals surface area (Å²) >= 11 is 0. The fourth-order valence-corrected chi connectivity index (χ4v) is 13.3. The second-order valence-corrected chi connectivity index (χ2v) is 19.3. The molecule has 0 unspecified atom stereocenters. The molecule has 4 aliphatic carbocycles. The summed E-state index contributed by atoms with van der Waals surface area (Å²) in [6.45, 7) is 11.9. The molecule has 57 heavy (non-hydrogen) atoms. The second kappa shape index (κ2) is 16.0. The molecule has 14 nitrogen and oxygen atoms in total. The van der Waals surface area contributed by atoms with E-state index in [1.54, 1.807) is 26.8 Å². The third-order valence-electron chi connectivity index (χ3n) is 16.1. The molecule has 4 heterocycles. The zero-order chi connectivity index (χ0) is 40.6. The lowest BCUT2D eigenvalue weighted by Crippen LogP contribution is -2.64. The fourth-order valence-electron chi connectivity index (χ4n) is 13.3. The van der Waals surface area contributed by atoms with Crippen molar-refractivity contribution < 1.29 is 67.9 Å². The van der Waals surface area contributed by atoms with Gasteiger partial charge in [-0.15, -0.1) is 0 Å². The molecule has 0 radical (unpaired) electrons. The largest absolute Gasteiger partial charge is 0.458 e. The number of carbonyl (C=O) groups excluding carboxylic acids is 2. The first-order chi connectivity index (χ1) is 27.0. The van der Waals surface area contributed by atoms with Gasteiger partial charge in [0.1, 0.15) is 30.5 Å². The average molecular weight is 807 g/mol. The van der Waals surface area contributed by atoms with Crippen LogP contribution >= 0.6 is 0 Å². The standard InChI is InChI=1S/C43H66O14/c1-21-38(49)31(45)17-36(51-21)55-40-23(3)53-37(19-33(40)47)56-39-22(2)52-35(18-32(39)46)54-27-9-12-41(5)26(16-27)7-8-30-29(41)10-13-42(6)28(25-15-34(48)50-20-25)11-14-43(30,42)57-24(4)44/h15,21-23,26-33,35-40,45-47,49H,7-14,16-20H2,1-6H3/t21-,22-,23-,26-,27+,28-,29+,30-,31+,32+,33+,35+,36+,37+,38-,39-,40-,41+,42-,43+/m1/s1. The summed E-state index contributed by atoms with van der Waals surface area (Å²) in [5, 5.41) is 42.5. The number of hydrogen-bond donors (Lipinski definition) is 4. The Morgan fingerprint density at radius 2 is 1.33 bits per heavy atom. The second-order valence-electron chi connectivity index (χ2n) is 19.3. The van der Waals surface area contributed by atoms with Crippen LogP contribution in [0.15, 0.2) is 11.6 Å². The molecule has 20 atom stereocenters. The first-order valence-corrected chi connectivity index (χ1v) is 21.7. The van der Waals surface area contributed by atoms with E-state index in [9.17, 15) is 30.0 Å². The minimum Gasteiger partial charge on any atom is -0.458 e. The van der Waals surface area contributed by atoms with Crippen LogP contribution < -0.4 is 0 Å². The molecule has 0 aromatic heterocycles. The number of fused-ring (bicyclic) bond motifs is 5. The number of carbonyl (C=O) groups is 2. The zero-order valence-electron chi connectivity index (χ0n) is 34.5. The molecule has 3 saturated heterocycles. The fraction of sp³-hybridized carbons (Fsp3) is 0.907. The lowest BCUT2D eigenvalue weighted by atomic mass is 9.43. The van der Waals surface area contributed by atoms with E-state index in [1.165, 1.54) is 0 Å². The Morgan fingerprint density at radius 1 is 0.719 bits per heavy atom. The molecular weight excluding hydrogens is 740 g/mol. The van der Waals surface area contributed by atoms with Gasteiger partial charge < -0.3 is 58.3 Å². The van der Waals surface area contributed by atoms with Gasteiger partial charge in [-0.2, -0.15) is 0 Å². The van der Waals surface area contributed by atoms with Gasteiger partial charge in [0.05, 0.1) is 42.7 Å². The number of rotatable bonds is 8. The molecule has 0 spiro atoms. The first kappa shape index (κ1) is 42.0. The van der Waals surface area contributed by atoms with E-state index in [1.807, 2.05) is 6.92 Å². The van der Waals surface area contributed by atoms with Crippen LogP contribution in [0.2, 0.25) is 0 Å². The Labute approximate surface area is 336 Å². The summed E-state index contributed by atoms with van der Waals surface area (Å²) in [6.07, 6.45) is 1.55. The SMILES string of the molecule is CC(=O)O[C@]12CC[C@H](C3=CC(=O)OC3)[C@@]1(C)CC[C@H]1[C@H]2CC[C@@H]2C[C@@H](O[C@H]3C[C@H](O)[C@H](O[C@H]4C[C@H](O)[C@H](O[C@H]5C[C@H](O)[C@H](O)[C@@H](C)O5)[C@@H](C)O4)[C@@H](C)O3)CC[C@@]21C. The van der Waals surface area contributed by atoms with E-state index < -0.39 is 79.4 Å². The number of esters is 2. The lowest BCUT2D eigenvalue weighted by molar-refractivity contribution is -0.336.